The van der Waals surface area contributed by atoms with Gasteiger partial charge >= 0.3 is 6.18 Å². The molecule has 0 aromatic carbocycles. The molecule has 1 fully saturated rings. The number of nitrogens with zero attached hydrogens (tertiary/aromatic N) is 1. The van der Waals surface area contributed by atoms with Gasteiger partial charge in [-0.1, -0.05) is 19.9 Å². The van der Waals surface area contributed by atoms with E-state index in [1.807, 2.05) is 13.8 Å². The molecule has 1 aromatic rings. The quantitative estimate of drug-likeness (QED) is 0.712. The molecular weight excluding hydrogens is 345 g/mol. The van der Waals surface area contributed by atoms with Crippen molar-refractivity contribution in [3.05, 3.63) is 41.4 Å². The number of allylic oxidation sites excluding steroid dienone is 2. The van der Waals surface area contributed by atoms with Crippen LogP contribution in [0.5, 0.6) is 0 Å². The van der Waals surface area contributed by atoms with E-state index in [0.29, 0.717) is 24.0 Å². The summed E-state index contributed by atoms with van der Waals surface area (Å²) in [5.74, 6) is -1.60. The summed E-state index contributed by atoms with van der Waals surface area (Å²) < 4.78 is 40.9. The summed E-state index contributed by atoms with van der Waals surface area (Å²) in [7, 11) is 0. The van der Waals surface area contributed by atoms with Crippen molar-refractivity contribution in [2.24, 2.45) is 11.3 Å². The monoisotopic (exact) mass is 366 g/mol. The summed E-state index contributed by atoms with van der Waals surface area (Å²) in [6, 6.07) is 1.70. The molecule has 1 saturated heterocycles. The van der Waals surface area contributed by atoms with E-state index in [1.54, 1.807) is 24.5 Å². The van der Waals surface area contributed by atoms with E-state index in [4.69, 9.17) is 0 Å². The predicted octanol–water partition coefficient (Wildman–Crippen LogP) is 2.39. The van der Waals surface area contributed by atoms with Crippen LogP contribution in [-0.4, -0.2) is 29.2 Å². The second kappa shape index (κ2) is 5.79. The lowest BCUT2D eigenvalue weighted by Gasteiger charge is -2.44. The molecule has 0 bridgehead atoms. The van der Waals surface area contributed by atoms with E-state index in [1.165, 1.54) is 0 Å². The van der Waals surface area contributed by atoms with Crippen molar-refractivity contribution in [3.63, 3.8) is 0 Å². The molecule has 26 heavy (non-hydrogen) atoms. The minimum atomic E-state index is -4.43. The van der Waals surface area contributed by atoms with Crippen molar-refractivity contribution in [1.82, 2.24) is 21.2 Å². The molecule has 3 N–H and O–H groups in total. The van der Waals surface area contributed by atoms with E-state index in [2.05, 4.69) is 21.2 Å². The van der Waals surface area contributed by atoms with Gasteiger partial charge in [0, 0.05) is 41.9 Å². The number of pyridine rings is 1. The smallest absolute Gasteiger partial charge is 0.371 e. The normalized spacial score (nSPS) is 33.5. The van der Waals surface area contributed by atoms with Crippen LogP contribution < -0.4 is 16.2 Å². The molecule has 0 spiro atoms. The molecule has 4 atom stereocenters. The zero-order valence-corrected chi connectivity index (χ0v) is 14.5. The van der Waals surface area contributed by atoms with Gasteiger partial charge in [0.05, 0.1) is 6.17 Å². The molecule has 5 nitrogen and oxygen atoms in total. The molecule has 140 valence electrons. The predicted molar refractivity (Wildman–Crippen MR) is 88.6 cm³/mol. The van der Waals surface area contributed by atoms with E-state index in [-0.39, 0.29) is 11.2 Å². The lowest BCUT2D eigenvalue weighted by molar-refractivity contribution is -0.164. The maximum absolute atomic E-state index is 13.6. The number of aromatic nitrogens is 1. The average Bonchev–Trinajstić information content (AvgIpc) is 2.96. The molecule has 3 heterocycles. The third-order valence-corrected chi connectivity index (χ3v) is 5.51. The van der Waals surface area contributed by atoms with Crippen molar-refractivity contribution >= 4 is 5.78 Å². The molecule has 1 aliphatic carbocycles. The largest absolute Gasteiger partial charge is 0.405 e. The van der Waals surface area contributed by atoms with Gasteiger partial charge in [0.15, 0.2) is 5.78 Å². The number of Topliss-reactive ketones (excluding diaryl/α,β-unsaturated/α-hetero) is 1. The van der Waals surface area contributed by atoms with Gasteiger partial charge in [-0.2, -0.15) is 13.2 Å². The Hall–Kier alpha value is -1.93. The first-order valence-electron chi connectivity index (χ1n) is 8.68. The first-order chi connectivity index (χ1) is 12.2. The minimum absolute atomic E-state index is 0.0797. The third kappa shape index (κ3) is 2.81. The van der Waals surface area contributed by atoms with E-state index in [9.17, 15) is 18.0 Å². The molecular formula is C18H21F3N4O. The van der Waals surface area contributed by atoms with Gasteiger partial charge in [0.1, 0.15) is 6.04 Å². The number of carbonyl (C=O) groups excluding carboxylic acids is 1. The maximum Gasteiger partial charge on any atom is 0.405 e. The van der Waals surface area contributed by atoms with E-state index < -0.39 is 30.2 Å². The molecule has 1 aromatic heterocycles. The molecule has 4 rings (SSSR count). The number of hydrazine groups is 1. The topological polar surface area (TPSA) is 66.1 Å². The van der Waals surface area contributed by atoms with Gasteiger partial charge in [-0.3, -0.25) is 9.78 Å². The fraction of sp³-hybridized carbons (Fsp3) is 0.556. The van der Waals surface area contributed by atoms with Crippen molar-refractivity contribution in [1.29, 1.82) is 0 Å². The Balaban J connectivity index is 1.86. The number of fused-ring (bicyclic) bond motifs is 1. The summed E-state index contributed by atoms with van der Waals surface area (Å²) >= 11 is 0. The standard InChI is InChI=1S/C18H21F3N4O/c1-17(2)6-10-13(11(26)7-17)12(9-4-3-5-22-8-9)14-15(18(19,20)21)24-25-16(14)23-10/h3-5,8,12,14-16,23-25H,6-7H2,1-2H3. The van der Waals surface area contributed by atoms with Gasteiger partial charge < -0.3 is 5.32 Å². The Kier molecular flexibility index (Phi) is 3.89. The van der Waals surface area contributed by atoms with Crippen LogP contribution in [0.25, 0.3) is 0 Å². The highest BCUT2D eigenvalue weighted by Crippen LogP contribution is 2.50. The van der Waals surface area contributed by atoms with Crippen LogP contribution in [0.15, 0.2) is 35.8 Å². The molecule has 4 unspecified atom stereocenters. The summed E-state index contributed by atoms with van der Waals surface area (Å²) in [4.78, 5) is 17.0. The van der Waals surface area contributed by atoms with Crippen LogP contribution in [0.3, 0.4) is 0 Å². The number of nitrogens with one attached hydrogen (secondary N) is 3. The van der Waals surface area contributed by atoms with Gasteiger partial charge in [0.2, 0.25) is 0 Å². The van der Waals surface area contributed by atoms with Gasteiger partial charge in [0.25, 0.3) is 0 Å². The first-order valence-corrected chi connectivity index (χ1v) is 8.68. The molecule has 8 heteroatoms. The highest BCUT2D eigenvalue weighted by molar-refractivity contribution is 5.99. The summed E-state index contributed by atoms with van der Waals surface area (Å²) in [6.07, 6.45) is -0.923. The number of hydrogen-bond donors (Lipinski definition) is 3. The van der Waals surface area contributed by atoms with Crippen LogP contribution in [-0.2, 0) is 4.79 Å². The molecule has 0 radical (unpaired) electrons. The SMILES string of the molecule is CC1(C)CC(=O)C2=C(C1)NC1NNC(C(F)(F)F)C1C2c1cccnc1. The van der Waals surface area contributed by atoms with Crippen LogP contribution >= 0.6 is 0 Å². The second-order valence-corrected chi connectivity index (χ2v) is 8.10. The van der Waals surface area contributed by atoms with Gasteiger partial charge in [-0.25, -0.2) is 10.9 Å². The number of carbonyl (C=O) groups is 1. The molecule has 2 aliphatic heterocycles. The Morgan fingerprint density at radius 3 is 2.65 bits per heavy atom. The fourth-order valence-electron chi connectivity index (χ4n) is 4.54. The van der Waals surface area contributed by atoms with Gasteiger partial charge in [-0.05, 0) is 23.5 Å². The molecule has 0 amide bonds. The number of halogens is 3. The van der Waals surface area contributed by atoms with Crippen LogP contribution in [0.1, 0.15) is 38.2 Å². The average molecular weight is 366 g/mol. The van der Waals surface area contributed by atoms with Crippen molar-refractivity contribution in [2.45, 2.75) is 51.0 Å². The van der Waals surface area contributed by atoms with Gasteiger partial charge in [-0.15, -0.1) is 0 Å². The van der Waals surface area contributed by atoms with Crippen LogP contribution in [0.2, 0.25) is 0 Å². The van der Waals surface area contributed by atoms with Crippen LogP contribution in [0, 0.1) is 11.3 Å². The number of hydrogen-bond acceptors (Lipinski definition) is 5. The van der Waals surface area contributed by atoms with E-state index >= 15 is 0 Å². The maximum atomic E-state index is 13.6. The fourth-order valence-corrected chi connectivity index (χ4v) is 4.54. The van der Waals surface area contributed by atoms with Crippen molar-refractivity contribution in [2.75, 3.05) is 0 Å². The van der Waals surface area contributed by atoms with Crippen LogP contribution in [0.4, 0.5) is 13.2 Å². The first kappa shape index (κ1) is 17.5. The van der Waals surface area contributed by atoms with Crippen molar-refractivity contribution in [3.8, 4) is 0 Å². The summed E-state index contributed by atoms with van der Waals surface area (Å²) in [5.41, 5.74) is 6.79. The Labute approximate surface area is 149 Å². The zero-order chi connectivity index (χ0) is 18.7. The third-order valence-electron chi connectivity index (χ3n) is 5.51. The molecule has 0 saturated carbocycles. The Bertz CT molecular complexity index is 759. The van der Waals surface area contributed by atoms with Crippen molar-refractivity contribution < 1.29 is 18.0 Å². The highest BCUT2D eigenvalue weighted by Gasteiger charge is 2.58. The number of ketones is 1. The minimum Gasteiger partial charge on any atom is -0.371 e. The lowest BCUT2D eigenvalue weighted by Crippen LogP contribution is -2.53. The second-order valence-electron chi connectivity index (χ2n) is 8.10. The molecule has 3 aliphatic rings. The summed E-state index contributed by atoms with van der Waals surface area (Å²) in [6.45, 7) is 4.00. The highest BCUT2D eigenvalue weighted by atomic mass is 19.4. The Morgan fingerprint density at radius 2 is 2.00 bits per heavy atom. The Morgan fingerprint density at radius 1 is 1.23 bits per heavy atom. The zero-order valence-electron chi connectivity index (χ0n) is 14.5. The number of alkyl halides is 3. The lowest BCUT2D eigenvalue weighted by atomic mass is 9.65. The number of rotatable bonds is 1. The van der Waals surface area contributed by atoms with E-state index in [0.717, 1.165) is 5.70 Å². The summed E-state index contributed by atoms with van der Waals surface area (Å²) in [5, 5.41) is 3.17.